The lowest BCUT2D eigenvalue weighted by Gasteiger charge is -2.26. The van der Waals surface area contributed by atoms with Crippen molar-refractivity contribution >= 4 is 0 Å². The van der Waals surface area contributed by atoms with Gasteiger partial charge in [0.2, 0.25) is 0 Å². The zero-order valence-corrected chi connectivity index (χ0v) is 12.3. The Hall–Kier alpha value is -0.860. The molecule has 0 aliphatic heterocycles. The van der Waals surface area contributed by atoms with Gasteiger partial charge in [-0.25, -0.2) is 0 Å². The van der Waals surface area contributed by atoms with E-state index in [2.05, 4.69) is 61.3 Å². The predicted octanol–water partition coefficient (Wildman–Crippen LogP) is 3.14. The molecule has 1 rings (SSSR count). The zero-order valence-electron chi connectivity index (χ0n) is 12.3. The first-order chi connectivity index (χ1) is 8.61. The minimum absolute atomic E-state index is 0.542. The van der Waals surface area contributed by atoms with Crippen LogP contribution in [0.4, 0.5) is 0 Å². The highest BCUT2D eigenvalue weighted by molar-refractivity contribution is 5.14. The molecular weight excluding hydrogens is 220 g/mol. The van der Waals surface area contributed by atoms with E-state index in [4.69, 9.17) is 0 Å². The average molecular weight is 248 g/mol. The fourth-order valence-electron chi connectivity index (χ4n) is 2.00. The van der Waals surface area contributed by atoms with Crippen LogP contribution in [0.1, 0.15) is 32.8 Å². The maximum Gasteiger partial charge on any atom is 0.0234 e. The number of nitrogens with one attached hydrogen (secondary N) is 1. The van der Waals surface area contributed by atoms with Crippen molar-refractivity contribution in [3.63, 3.8) is 0 Å². The van der Waals surface area contributed by atoms with Crippen LogP contribution in [0.25, 0.3) is 0 Å². The topological polar surface area (TPSA) is 15.3 Å². The van der Waals surface area contributed by atoms with Gasteiger partial charge in [-0.15, -0.1) is 0 Å². The molecule has 0 fully saturated rings. The third-order valence-electron chi connectivity index (χ3n) is 3.30. The molecule has 0 radical (unpaired) electrons. The Balaban J connectivity index is 2.53. The molecule has 0 bridgehead atoms. The monoisotopic (exact) mass is 248 g/mol. The van der Waals surface area contributed by atoms with E-state index >= 15 is 0 Å². The second-order valence-corrected chi connectivity index (χ2v) is 5.59. The lowest BCUT2D eigenvalue weighted by molar-refractivity contribution is 0.230. The molecule has 0 spiro atoms. The Morgan fingerprint density at radius 3 is 2.33 bits per heavy atom. The quantitative estimate of drug-likeness (QED) is 0.760. The largest absolute Gasteiger partial charge is 0.316 e. The minimum Gasteiger partial charge on any atom is -0.316 e. The fraction of sp³-hybridized carbons (Fsp3) is 0.625. The van der Waals surface area contributed by atoms with Crippen molar-refractivity contribution in [3.8, 4) is 0 Å². The number of benzene rings is 1. The molecule has 2 nitrogen and oxygen atoms in total. The number of likely N-dealkylation sites (N-methyl/N-ethyl adjacent to an activating group) is 1. The van der Waals surface area contributed by atoms with E-state index in [1.54, 1.807) is 0 Å². The Kier molecular flexibility index (Phi) is 6.99. The molecular formula is C16H28N2. The van der Waals surface area contributed by atoms with Gasteiger partial charge >= 0.3 is 0 Å². The van der Waals surface area contributed by atoms with Crippen molar-refractivity contribution < 1.29 is 0 Å². The van der Waals surface area contributed by atoms with E-state index in [0.717, 1.165) is 19.0 Å². The Morgan fingerprint density at radius 2 is 1.78 bits per heavy atom. The van der Waals surface area contributed by atoms with Gasteiger partial charge in [-0.1, -0.05) is 44.2 Å². The van der Waals surface area contributed by atoms with Crippen LogP contribution in [0.2, 0.25) is 0 Å². The molecule has 2 heteroatoms. The molecule has 0 aromatic heterocycles. The third-order valence-corrected chi connectivity index (χ3v) is 3.30. The van der Waals surface area contributed by atoms with E-state index in [9.17, 15) is 0 Å². The summed E-state index contributed by atoms with van der Waals surface area (Å²) in [5, 5.41) is 3.33. The van der Waals surface area contributed by atoms with Crippen molar-refractivity contribution in [2.24, 2.45) is 5.92 Å². The maximum absolute atomic E-state index is 3.33. The van der Waals surface area contributed by atoms with Gasteiger partial charge in [-0.3, -0.25) is 4.90 Å². The normalized spacial score (nSPS) is 13.2. The minimum atomic E-state index is 0.542. The molecule has 1 aromatic carbocycles. The van der Waals surface area contributed by atoms with Crippen LogP contribution < -0.4 is 5.32 Å². The van der Waals surface area contributed by atoms with Crippen LogP contribution in [0, 0.1) is 5.92 Å². The van der Waals surface area contributed by atoms with Gasteiger partial charge in [-0.2, -0.15) is 0 Å². The average Bonchev–Trinajstić information content (AvgIpc) is 2.37. The van der Waals surface area contributed by atoms with Gasteiger partial charge in [0, 0.05) is 19.1 Å². The van der Waals surface area contributed by atoms with Crippen molar-refractivity contribution in [1.29, 1.82) is 0 Å². The van der Waals surface area contributed by atoms with Crippen LogP contribution in [-0.4, -0.2) is 31.1 Å². The van der Waals surface area contributed by atoms with E-state index in [1.807, 2.05) is 7.05 Å². The van der Waals surface area contributed by atoms with E-state index < -0.39 is 0 Å². The summed E-state index contributed by atoms with van der Waals surface area (Å²) in [5.74, 6) is 0.771. The molecule has 18 heavy (non-hydrogen) atoms. The molecule has 102 valence electrons. The van der Waals surface area contributed by atoms with E-state index in [0.29, 0.717) is 6.04 Å². The molecule has 0 aliphatic rings. The van der Waals surface area contributed by atoms with Crippen molar-refractivity contribution in [3.05, 3.63) is 35.9 Å². The van der Waals surface area contributed by atoms with Gasteiger partial charge in [0.25, 0.3) is 0 Å². The van der Waals surface area contributed by atoms with Gasteiger partial charge in [0.05, 0.1) is 0 Å². The van der Waals surface area contributed by atoms with Crippen molar-refractivity contribution in [2.75, 3.05) is 20.1 Å². The van der Waals surface area contributed by atoms with Crippen LogP contribution >= 0.6 is 0 Å². The Bertz CT molecular complexity index is 308. The second kappa shape index (κ2) is 8.28. The Labute approximate surface area is 112 Å². The number of nitrogens with zero attached hydrogens (tertiary/aromatic N) is 1. The summed E-state index contributed by atoms with van der Waals surface area (Å²) in [6.07, 6.45) is 1.27. The van der Waals surface area contributed by atoms with Crippen LogP contribution in [0.3, 0.4) is 0 Å². The summed E-state index contributed by atoms with van der Waals surface area (Å²) < 4.78 is 0. The van der Waals surface area contributed by atoms with Crippen LogP contribution in [0.15, 0.2) is 30.3 Å². The van der Waals surface area contributed by atoms with Gasteiger partial charge in [-0.05, 0) is 38.4 Å². The SMILES string of the molecule is CNC(C)CN(CCC(C)C)Cc1ccccc1. The molecule has 0 saturated heterocycles. The summed E-state index contributed by atoms with van der Waals surface area (Å²) in [6.45, 7) is 10.2. The first-order valence-corrected chi connectivity index (χ1v) is 7.05. The molecule has 0 aliphatic carbocycles. The van der Waals surface area contributed by atoms with Crippen molar-refractivity contribution in [2.45, 2.75) is 39.8 Å². The first-order valence-electron chi connectivity index (χ1n) is 7.05. The number of hydrogen-bond donors (Lipinski definition) is 1. The number of rotatable bonds is 8. The summed E-state index contributed by atoms with van der Waals surface area (Å²) in [6, 6.07) is 11.3. The summed E-state index contributed by atoms with van der Waals surface area (Å²) in [5.41, 5.74) is 1.41. The standard InChI is InChI=1S/C16H28N2/c1-14(2)10-11-18(12-15(3)17-4)13-16-8-6-5-7-9-16/h5-9,14-15,17H,10-13H2,1-4H3. The fourth-order valence-corrected chi connectivity index (χ4v) is 2.00. The van der Waals surface area contributed by atoms with E-state index in [1.165, 1.54) is 18.5 Å². The van der Waals surface area contributed by atoms with Gasteiger partial charge < -0.3 is 5.32 Å². The molecule has 0 saturated carbocycles. The molecule has 0 heterocycles. The number of hydrogen-bond acceptors (Lipinski definition) is 2. The van der Waals surface area contributed by atoms with Gasteiger partial charge in [0.1, 0.15) is 0 Å². The smallest absolute Gasteiger partial charge is 0.0234 e. The molecule has 1 aromatic rings. The lowest BCUT2D eigenvalue weighted by Crippen LogP contribution is -2.38. The van der Waals surface area contributed by atoms with Crippen LogP contribution in [0.5, 0.6) is 0 Å². The molecule has 1 unspecified atom stereocenters. The second-order valence-electron chi connectivity index (χ2n) is 5.59. The molecule has 1 N–H and O–H groups in total. The predicted molar refractivity (Wildman–Crippen MR) is 79.7 cm³/mol. The highest BCUT2D eigenvalue weighted by Gasteiger charge is 2.10. The lowest BCUT2D eigenvalue weighted by atomic mass is 10.1. The maximum atomic E-state index is 3.33. The third kappa shape index (κ3) is 6.18. The zero-order chi connectivity index (χ0) is 13.4. The first kappa shape index (κ1) is 15.2. The summed E-state index contributed by atoms with van der Waals surface area (Å²) in [7, 11) is 2.04. The molecule has 0 amide bonds. The van der Waals surface area contributed by atoms with Crippen LogP contribution in [-0.2, 0) is 6.54 Å². The Morgan fingerprint density at radius 1 is 1.11 bits per heavy atom. The van der Waals surface area contributed by atoms with Gasteiger partial charge in [0.15, 0.2) is 0 Å². The highest BCUT2D eigenvalue weighted by Crippen LogP contribution is 2.08. The molecule has 1 atom stereocenters. The van der Waals surface area contributed by atoms with E-state index in [-0.39, 0.29) is 0 Å². The highest BCUT2D eigenvalue weighted by atomic mass is 15.1. The van der Waals surface area contributed by atoms with Crippen molar-refractivity contribution in [1.82, 2.24) is 10.2 Å². The summed E-state index contributed by atoms with van der Waals surface area (Å²) >= 11 is 0. The summed E-state index contributed by atoms with van der Waals surface area (Å²) in [4.78, 5) is 2.55.